The smallest absolute Gasteiger partial charge is 0.335 e. The average molecular weight is 262 g/mol. The topological polar surface area (TPSA) is 69.6 Å². The second-order valence-electron chi connectivity index (χ2n) is 4.71. The van der Waals surface area contributed by atoms with E-state index in [2.05, 4.69) is 5.32 Å². The highest BCUT2D eigenvalue weighted by molar-refractivity contribution is 5.90. The molecule has 5 heteroatoms. The Morgan fingerprint density at radius 3 is 2.84 bits per heavy atom. The normalized spacial score (nSPS) is 19.2. The number of hydrogen-bond acceptors (Lipinski definition) is 3. The van der Waals surface area contributed by atoms with Crippen LogP contribution >= 0.6 is 0 Å². The summed E-state index contributed by atoms with van der Waals surface area (Å²) in [5.74, 6) is -0.888. The number of hydrogen-bond donors (Lipinski definition) is 2. The van der Waals surface area contributed by atoms with Gasteiger partial charge in [0.15, 0.2) is 0 Å². The molecule has 1 fully saturated rings. The lowest BCUT2D eigenvalue weighted by atomic mass is 10.0. The summed E-state index contributed by atoms with van der Waals surface area (Å²) in [6.45, 7) is 5.12. The Kier molecular flexibility index (Phi) is 3.74. The Morgan fingerprint density at radius 1 is 1.53 bits per heavy atom. The summed E-state index contributed by atoms with van der Waals surface area (Å²) in [6, 6.07) is 5.04. The highest BCUT2D eigenvalue weighted by Gasteiger charge is 2.28. The van der Waals surface area contributed by atoms with Gasteiger partial charge in [0.2, 0.25) is 5.91 Å². The van der Waals surface area contributed by atoms with Gasteiger partial charge in [0.1, 0.15) is 6.04 Å². The van der Waals surface area contributed by atoms with Gasteiger partial charge < -0.3 is 15.3 Å². The fourth-order valence-electron chi connectivity index (χ4n) is 2.50. The van der Waals surface area contributed by atoms with Gasteiger partial charge in [-0.15, -0.1) is 0 Å². The Labute approximate surface area is 112 Å². The van der Waals surface area contributed by atoms with Gasteiger partial charge in [0.25, 0.3) is 0 Å². The van der Waals surface area contributed by atoms with Crippen LogP contribution in [0.1, 0.15) is 29.3 Å². The first kappa shape index (κ1) is 13.4. The van der Waals surface area contributed by atoms with E-state index < -0.39 is 5.97 Å². The highest BCUT2D eigenvalue weighted by atomic mass is 16.4. The SMILES string of the molecule is CCC1C(=O)NCCN1c1ccc(C(=O)O)c(C)c1. The molecule has 1 heterocycles. The molecule has 0 saturated carbocycles. The molecule has 1 aliphatic rings. The lowest BCUT2D eigenvalue weighted by molar-refractivity contribution is -0.123. The van der Waals surface area contributed by atoms with Crippen molar-refractivity contribution < 1.29 is 14.7 Å². The molecule has 0 aromatic heterocycles. The van der Waals surface area contributed by atoms with Gasteiger partial charge in [-0.25, -0.2) is 4.79 Å². The van der Waals surface area contributed by atoms with E-state index in [9.17, 15) is 9.59 Å². The highest BCUT2D eigenvalue weighted by Crippen LogP contribution is 2.23. The van der Waals surface area contributed by atoms with E-state index in [0.29, 0.717) is 17.7 Å². The number of aryl methyl sites for hydroxylation is 1. The Morgan fingerprint density at radius 2 is 2.26 bits per heavy atom. The minimum atomic E-state index is -0.924. The van der Waals surface area contributed by atoms with Crippen LogP contribution in [0.2, 0.25) is 0 Å². The van der Waals surface area contributed by atoms with Gasteiger partial charge in [0.05, 0.1) is 5.56 Å². The summed E-state index contributed by atoms with van der Waals surface area (Å²) in [4.78, 5) is 24.9. The molecule has 0 bridgehead atoms. The summed E-state index contributed by atoms with van der Waals surface area (Å²) >= 11 is 0. The quantitative estimate of drug-likeness (QED) is 0.864. The van der Waals surface area contributed by atoms with Gasteiger partial charge in [0, 0.05) is 18.8 Å². The number of piperazine rings is 1. The number of aromatic carboxylic acids is 1. The molecule has 102 valence electrons. The largest absolute Gasteiger partial charge is 0.478 e. The van der Waals surface area contributed by atoms with Gasteiger partial charge in [-0.3, -0.25) is 4.79 Å². The van der Waals surface area contributed by atoms with E-state index in [4.69, 9.17) is 5.11 Å². The van der Waals surface area contributed by atoms with Crippen LogP contribution in [0, 0.1) is 6.92 Å². The van der Waals surface area contributed by atoms with E-state index in [1.165, 1.54) is 0 Å². The van der Waals surface area contributed by atoms with Crippen LogP contribution in [0.3, 0.4) is 0 Å². The molecule has 1 aromatic carbocycles. The van der Waals surface area contributed by atoms with Crippen LogP contribution in [0.15, 0.2) is 18.2 Å². The summed E-state index contributed by atoms with van der Waals surface area (Å²) in [5.41, 5.74) is 1.92. The molecule has 1 unspecified atom stereocenters. The monoisotopic (exact) mass is 262 g/mol. The Balaban J connectivity index is 2.33. The van der Waals surface area contributed by atoms with Crippen LogP contribution in [-0.4, -0.2) is 36.1 Å². The van der Waals surface area contributed by atoms with Crippen molar-refractivity contribution >= 4 is 17.6 Å². The number of nitrogens with zero attached hydrogens (tertiary/aromatic N) is 1. The maximum atomic E-state index is 11.8. The molecule has 5 nitrogen and oxygen atoms in total. The fourth-order valence-corrected chi connectivity index (χ4v) is 2.50. The molecule has 1 aliphatic heterocycles. The number of anilines is 1. The van der Waals surface area contributed by atoms with Gasteiger partial charge in [-0.05, 0) is 37.1 Å². The van der Waals surface area contributed by atoms with Crippen molar-refractivity contribution in [2.75, 3.05) is 18.0 Å². The molecule has 19 heavy (non-hydrogen) atoms. The van der Waals surface area contributed by atoms with Crippen molar-refractivity contribution in [1.82, 2.24) is 5.32 Å². The molecule has 0 radical (unpaired) electrons. The van der Waals surface area contributed by atoms with Crippen molar-refractivity contribution in [3.8, 4) is 0 Å². The Hall–Kier alpha value is -2.04. The fraction of sp³-hybridized carbons (Fsp3) is 0.429. The van der Waals surface area contributed by atoms with E-state index in [-0.39, 0.29) is 11.9 Å². The molecule has 0 spiro atoms. The predicted molar refractivity (Wildman–Crippen MR) is 72.6 cm³/mol. The molecular weight excluding hydrogens is 244 g/mol. The molecule has 1 saturated heterocycles. The van der Waals surface area contributed by atoms with Crippen LogP contribution in [-0.2, 0) is 4.79 Å². The van der Waals surface area contributed by atoms with Crippen molar-refractivity contribution in [3.05, 3.63) is 29.3 Å². The van der Waals surface area contributed by atoms with Gasteiger partial charge in [-0.1, -0.05) is 6.92 Å². The average Bonchev–Trinajstić information content (AvgIpc) is 2.37. The van der Waals surface area contributed by atoms with Crippen LogP contribution in [0.5, 0.6) is 0 Å². The van der Waals surface area contributed by atoms with Crippen molar-refractivity contribution in [2.24, 2.45) is 0 Å². The molecule has 2 N–H and O–H groups in total. The predicted octanol–water partition coefficient (Wildman–Crippen LogP) is 1.41. The molecule has 0 aliphatic carbocycles. The standard InChI is InChI=1S/C14H18N2O3/c1-3-12-13(17)15-6-7-16(12)10-4-5-11(14(18)19)9(2)8-10/h4-5,8,12H,3,6-7H2,1-2H3,(H,15,17)(H,18,19). The number of carbonyl (C=O) groups excluding carboxylic acids is 1. The number of rotatable bonds is 3. The number of carboxylic acid groups (broad SMARTS) is 1. The maximum absolute atomic E-state index is 11.8. The lowest BCUT2D eigenvalue weighted by Gasteiger charge is -2.36. The Bertz CT molecular complexity index is 513. The van der Waals surface area contributed by atoms with Crippen molar-refractivity contribution in [2.45, 2.75) is 26.3 Å². The van der Waals surface area contributed by atoms with Crippen molar-refractivity contribution in [1.29, 1.82) is 0 Å². The molecule has 1 amide bonds. The first-order valence-electron chi connectivity index (χ1n) is 6.43. The molecule has 2 rings (SSSR count). The van der Waals surface area contributed by atoms with Crippen LogP contribution in [0.4, 0.5) is 5.69 Å². The zero-order chi connectivity index (χ0) is 14.0. The summed E-state index contributed by atoms with van der Waals surface area (Å²) in [5, 5.41) is 11.9. The third-order valence-corrected chi connectivity index (χ3v) is 3.49. The summed E-state index contributed by atoms with van der Waals surface area (Å²) in [6.07, 6.45) is 0.728. The number of carbonyl (C=O) groups is 2. The minimum absolute atomic E-state index is 0.0358. The summed E-state index contributed by atoms with van der Waals surface area (Å²) < 4.78 is 0. The van der Waals surface area contributed by atoms with E-state index >= 15 is 0 Å². The third-order valence-electron chi connectivity index (χ3n) is 3.49. The molecular formula is C14H18N2O3. The van der Waals surface area contributed by atoms with Crippen LogP contribution < -0.4 is 10.2 Å². The zero-order valence-corrected chi connectivity index (χ0v) is 11.1. The van der Waals surface area contributed by atoms with Gasteiger partial charge in [-0.2, -0.15) is 0 Å². The zero-order valence-electron chi connectivity index (χ0n) is 11.1. The van der Waals surface area contributed by atoms with Crippen molar-refractivity contribution in [3.63, 3.8) is 0 Å². The van der Waals surface area contributed by atoms with E-state index in [1.54, 1.807) is 19.1 Å². The number of carboxylic acids is 1. The van der Waals surface area contributed by atoms with E-state index in [1.807, 2.05) is 17.9 Å². The first-order valence-corrected chi connectivity index (χ1v) is 6.43. The lowest BCUT2D eigenvalue weighted by Crippen LogP contribution is -2.55. The number of amides is 1. The summed E-state index contributed by atoms with van der Waals surface area (Å²) in [7, 11) is 0. The maximum Gasteiger partial charge on any atom is 0.335 e. The number of nitrogens with one attached hydrogen (secondary N) is 1. The number of benzene rings is 1. The molecule has 1 aromatic rings. The molecule has 1 atom stereocenters. The second-order valence-corrected chi connectivity index (χ2v) is 4.71. The second kappa shape index (κ2) is 5.30. The van der Waals surface area contributed by atoms with Crippen LogP contribution in [0.25, 0.3) is 0 Å². The van der Waals surface area contributed by atoms with E-state index in [0.717, 1.165) is 18.7 Å². The first-order chi connectivity index (χ1) is 9.04. The van der Waals surface area contributed by atoms with Gasteiger partial charge >= 0.3 is 5.97 Å². The minimum Gasteiger partial charge on any atom is -0.478 e. The third kappa shape index (κ3) is 2.54.